The molecule has 0 fully saturated rings. The number of rotatable bonds is 0. The molecular formula is C15H21N3Si. The second kappa shape index (κ2) is 4.50. The summed E-state index contributed by atoms with van der Waals surface area (Å²) in [4.78, 5) is 4.43. The molecule has 2 aromatic rings. The van der Waals surface area contributed by atoms with Crippen molar-refractivity contribution >= 4 is 13.7 Å². The van der Waals surface area contributed by atoms with Gasteiger partial charge in [0, 0.05) is 23.9 Å². The van der Waals surface area contributed by atoms with Crippen LogP contribution in [0.4, 0.5) is 0 Å². The first-order valence-corrected chi connectivity index (χ1v) is 10.0. The van der Waals surface area contributed by atoms with E-state index in [2.05, 4.69) is 62.0 Å². The normalized spacial score (nSPS) is 12.3. The third kappa shape index (κ3) is 3.45. The molecule has 4 heteroatoms. The van der Waals surface area contributed by atoms with E-state index in [1.807, 2.05) is 23.0 Å². The maximum absolute atomic E-state index is 4.59. The topological polar surface area (TPSA) is 30.2 Å². The highest BCUT2D eigenvalue weighted by Crippen LogP contribution is 2.21. The van der Waals surface area contributed by atoms with Gasteiger partial charge in [-0.15, -0.1) is 5.54 Å². The third-order valence-corrected chi connectivity index (χ3v) is 3.54. The van der Waals surface area contributed by atoms with Gasteiger partial charge >= 0.3 is 0 Å². The average Bonchev–Trinajstić information content (AvgIpc) is 2.67. The lowest BCUT2D eigenvalue weighted by Crippen LogP contribution is -2.16. The van der Waals surface area contributed by atoms with Gasteiger partial charge in [-0.3, -0.25) is 0 Å². The molecular weight excluding hydrogens is 250 g/mol. The molecule has 0 saturated heterocycles. The first-order valence-electron chi connectivity index (χ1n) is 6.54. The first kappa shape index (κ1) is 13.8. The summed E-state index contributed by atoms with van der Waals surface area (Å²) in [6.07, 6.45) is 3.79. The standard InChI is InChI=1S/C15H21N3Si/c1-15(2,3)13-9-14-16-10-12(11-18(14)17-13)7-8-19(4,5)6/h9-11H,1-6H3. The summed E-state index contributed by atoms with van der Waals surface area (Å²) >= 11 is 0. The van der Waals surface area contributed by atoms with Crippen molar-refractivity contribution < 1.29 is 0 Å². The lowest BCUT2D eigenvalue weighted by molar-refractivity contribution is 0.562. The second-order valence-electron chi connectivity index (χ2n) is 6.92. The fourth-order valence-corrected chi connectivity index (χ4v) is 2.09. The summed E-state index contributed by atoms with van der Waals surface area (Å²) < 4.78 is 1.83. The fraction of sp³-hybridized carbons (Fsp3) is 0.467. The Balaban J connectivity index is 2.43. The quantitative estimate of drug-likeness (QED) is 0.544. The van der Waals surface area contributed by atoms with Gasteiger partial charge < -0.3 is 0 Å². The fourth-order valence-electron chi connectivity index (χ4n) is 1.57. The van der Waals surface area contributed by atoms with Crippen LogP contribution in [-0.4, -0.2) is 22.7 Å². The molecule has 0 saturated carbocycles. The van der Waals surface area contributed by atoms with Crippen LogP contribution >= 0.6 is 0 Å². The maximum atomic E-state index is 4.59. The van der Waals surface area contributed by atoms with E-state index in [0.29, 0.717) is 0 Å². The van der Waals surface area contributed by atoms with Crippen molar-refractivity contribution in [1.82, 2.24) is 14.6 Å². The maximum Gasteiger partial charge on any atom is 0.155 e. The van der Waals surface area contributed by atoms with E-state index < -0.39 is 8.07 Å². The van der Waals surface area contributed by atoms with Crippen molar-refractivity contribution in [1.29, 1.82) is 0 Å². The van der Waals surface area contributed by atoms with E-state index in [9.17, 15) is 0 Å². The largest absolute Gasteiger partial charge is 0.236 e. The molecule has 0 unspecified atom stereocenters. The van der Waals surface area contributed by atoms with E-state index in [1.165, 1.54) is 0 Å². The molecule has 0 radical (unpaired) electrons. The average molecular weight is 271 g/mol. The minimum absolute atomic E-state index is 0.0395. The summed E-state index contributed by atoms with van der Waals surface area (Å²) in [5.74, 6) is 3.21. The lowest BCUT2D eigenvalue weighted by Gasteiger charge is -2.13. The predicted octanol–water partition coefficient (Wildman–Crippen LogP) is 3.26. The van der Waals surface area contributed by atoms with Crippen LogP contribution < -0.4 is 0 Å². The molecule has 3 nitrogen and oxygen atoms in total. The smallest absolute Gasteiger partial charge is 0.155 e. The molecule has 0 atom stereocenters. The van der Waals surface area contributed by atoms with Crippen molar-refractivity contribution in [3.8, 4) is 11.5 Å². The van der Waals surface area contributed by atoms with Crippen LogP contribution in [0.25, 0.3) is 5.65 Å². The minimum Gasteiger partial charge on any atom is -0.236 e. The summed E-state index contributed by atoms with van der Waals surface area (Å²) in [7, 11) is -1.35. The van der Waals surface area contributed by atoms with Crippen molar-refractivity contribution in [2.45, 2.75) is 45.8 Å². The number of fused-ring (bicyclic) bond motifs is 1. The van der Waals surface area contributed by atoms with E-state index in [-0.39, 0.29) is 5.41 Å². The summed E-state index contributed by atoms with van der Waals surface area (Å²) in [5.41, 5.74) is 6.25. The Morgan fingerprint density at radius 1 is 1.21 bits per heavy atom. The van der Waals surface area contributed by atoms with Crippen LogP contribution in [0.15, 0.2) is 18.5 Å². The van der Waals surface area contributed by atoms with Gasteiger partial charge in [0.15, 0.2) is 5.65 Å². The van der Waals surface area contributed by atoms with Crippen LogP contribution in [0, 0.1) is 11.5 Å². The van der Waals surface area contributed by atoms with Gasteiger partial charge in [-0.1, -0.05) is 46.3 Å². The Hall–Kier alpha value is -1.60. The van der Waals surface area contributed by atoms with Gasteiger partial charge in [0.2, 0.25) is 0 Å². The highest BCUT2D eigenvalue weighted by Gasteiger charge is 2.18. The van der Waals surface area contributed by atoms with Gasteiger partial charge in [0.25, 0.3) is 0 Å². The molecule has 2 rings (SSSR count). The highest BCUT2D eigenvalue weighted by molar-refractivity contribution is 6.83. The van der Waals surface area contributed by atoms with Crippen LogP contribution in [-0.2, 0) is 5.41 Å². The Morgan fingerprint density at radius 3 is 2.47 bits per heavy atom. The van der Waals surface area contributed by atoms with Gasteiger partial charge in [-0.2, -0.15) is 5.10 Å². The second-order valence-corrected chi connectivity index (χ2v) is 11.7. The number of hydrogen-bond acceptors (Lipinski definition) is 2. The third-order valence-electron chi connectivity index (χ3n) is 2.66. The van der Waals surface area contributed by atoms with Crippen LogP contribution in [0.2, 0.25) is 19.6 Å². The predicted molar refractivity (Wildman–Crippen MR) is 81.9 cm³/mol. The van der Waals surface area contributed by atoms with E-state index in [4.69, 9.17) is 0 Å². The zero-order valence-electron chi connectivity index (χ0n) is 12.6. The molecule has 0 aliphatic carbocycles. The van der Waals surface area contributed by atoms with E-state index in [1.54, 1.807) is 0 Å². The zero-order chi connectivity index (χ0) is 14.3. The van der Waals surface area contributed by atoms with Crippen molar-refractivity contribution in [2.24, 2.45) is 0 Å². The molecule has 100 valence electrons. The lowest BCUT2D eigenvalue weighted by atomic mass is 9.93. The minimum atomic E-state index is -1.35. The Labute approximate surface area is 116 Å². The summed E-state index contributed by atoms with van der Waals surface area (Å²) in [5, 5.41) is 4.59. The van der Waals surface area contributed by atoms with Crippen LogP contribution in [0.1, 0.15) is 32.0 Å². The van der Waals surface area contributed by atoms with Gasteiger partial charge in [-0.05, 0) is 0 Å². The Bertz CT molecular complexity index is 660. The Kier molecular flexibility index (Phi) is 3.27. The first-order chi connectivity index (χ1) is 8.65. The van der Waals surface area contributed by atoms with Gasteiger partial charge in [-0.25, -0.2) is 9.50 Å². The number of hydrogen-bond donors (Lipinski definition) is 0. The molecule has 19 heavy (non-hydrogen) atoms. The van der Waals surface area contributed by atoms with Crippen LogP contribution in [0.5, 0.6) is 0 Å². The molecule has 2 heterocycles. The molecule has 0 aromatic carbocycles. The Morgan fingerprint density at radius 2 is 1.89 bits per heavy atom. The number of aromatic nitrogens is 3. The summed E-state index contributed by atoms with van der Waals surface area (Å²) in [6, 6.07) is 2.04. The van der Waals surface area contributed by atoms with Crippen molar-refractivity contribution in [3.05, 3.63) is 29.7 Å². The van der Waals surface area contributed by atoms with Crippen LogP contribution in [0.3, 0.4) is 0 Å². The molecule has 0 spiro atoms. The molecule has 0 aliphatic heterocycles. The molecule has 0 bridgehead atoms. The monoisotopic (exact) mass is 271 g/mol. The van der Waals surface area contributed by atoms with Gasteiger partial charge in [0.1, 0.15) is 8.07 Å². The molecule has 0 N–H and O–H groups in total. The van der Waals surface area contributed by atoms with Crippen molar-refractivity contribution in [2.75, 3.05) is 0 Å². The van der Waals surface area contributed by atoms with Crippen molar-refractivity contribution in [3.63, 3.8) is 0 Å². The van der Waals surface area contributed by atoms with E-state index >= 15 is 0 Å². The summed E-state index contributed by atoms with van der Waals surface area (Å²) in [6.45, 7) is 13.2. The molecule has 0 aliphatic rings. The highest BCUT2D eigenvalue weighted by atomic mass is 28.3. The van der Waals surface area contributed by atoms with Gasteiger partial charge in [0.05, 0.1) is 11.3 Å². The number of nitrogens with zero attached hydrogens (tertiary/aromatic N) is 3. The SMILES string of the molecule is CC(C)(C)c1cc2ncc(C#C[Si](C)(C)C)cn2n1. The van der Waals surface area contributed by atoms with E-state index in [0.717, 1.165) is 16.9 Å². The molecule has 0 amide bonds. The zero-order valence-corrected chi connectivity index (χ0v) is 13.6. The molecule has 2 aromatic heterocycles.